The van der Waals surface area contributed by atoms with Gasteiger partial charge in [0.1, 0.15) is 11.6 Å². The summed E-state index contributed by atoms with van der Waals surface area (Å²) in [5, 5.41) is 2.85. The maximum Gasteiger partial charge on any atom is 0.224 e. The molecule has 4 heteroatoms. The summed E-state index contributed by atoms with van der Waals surface area (Å²) in [5.74, 6) is 0.749. The van der Waals surface area contributed by atoms with Gasteiger partial charge in [-0.1, -0.05) is 12.1 Å². The molecule has 1 N–H and O–H groups in total. The van der Waals surface area contributed by atoms with Gasteiger partial charge in [0.25, 0.3) is 0 Å². The van der Waals surface area contributed by atoms with E-state index in [0.717, 1.165) is 17.7 Å². The van der Waals surface area contributed by atoms with Crippen molar-refractivity contribution < 1.29 is 13.6 Å². The molecule has 2 atom stereocenters. The number of halogens is 1. The molecular formula is C15H14FNO2. The quantitative estimate of drug-likeness (QED) is 0.917. The van der Waals surface area contributed by atoms with Crippen LogP contribution >= 0.6 is 0 Å². The van der Waals surface area contributed by atoms with Gasteiger partial charge in [0.2, 0.25) is 5.91 Å². The molecule has 0 radical (unpaired) electrons. The zero-order valence-corrected chi connectivity index (χ0v) is 10.3. The van der Waals surface area contributed by atoms with E-state index in [9.17, 15) is 9.18 Å². The number of benzene rings is 1. The predicted molar refractivity (Wildman–Crippen MR) is 67.8 cm³/mol. The van der Waals surface area contributed by atoms with E-state index in [0.29, 0.717) is 6.54 Å². The number of hydrogen-bond donors (Lipinski definition) is 1. The van der Waals surface area contributed by atoms with Crippen LogP contribution in [-0.4, -0.2) is 5.91 Å². The molecule has 1 fully saturated rings. The maximum absolute atomic E-state index is 12.8. The molecule has 3 rings (SSSR count). The molecular weight excluding hydrogens is 245 g/mol. The monoisotopic (exact) mass is 259 g/mol. The number of hydrogen-bond acceptors (Lipinski definition) is 2. The van der Waals surface area contributed by atoms with Crippen molar-refractivity contribution in [3.63, 3.8) is 0 Å². The first kappa shape index (κ1) is 12.0. The molecule has 1 amide bonds. The average molecular weight is 259 g/mol. The molecule has 1 saturated carbocycles. The zero-order chi connectivity index (χ0) is 13.2. The summed E-state index contributed by atoms with van der Waals surface area (Å²) in [7, 11) is 0. The largest absolute Gasteiger partial charge is 0.467 e. The Morgan fingerprint density at radius 2 is 2.11 bits per heavy atom. The van der Waals surface area contributed by atoms with Crippen LogP contribution in [0.15, 0.2) is 47.1 Å². The first-order valence-corrected chi connectivity index (χ1v) is 6.29. The minimum Gasteiger partial charge on any atom is -0.467 e. The second-order valence-corrected chi connectivity index (χ2v) is 4.80. The van der Waals surface area contributed by atoms with Crippen molar-refractivity contribution in [1.29, 1.82) is 0 Å². The van der Waals surface area contributed by atoms with E-state index in [1.807, 2.05) is 6.07 Å². The number of carbonyl (C=O) groups excluding carboxylic acids is 1. The molecule has 0 saturated heterocycles. The predicted octanol–water partition coefficient (Wildman–Crippen LogP) is 2.84. The van der Waals surface area contributed by atoms with E-state index >= 15 is 0 Å². The Balaban J connectivity index is 1.54. The summed E-state index contributed by atoms with van der Waals surface area (Å²) in [6, 6.07) is 9.99. The van der Waals surface area contributed by atoms with Crippen molar-refractivity contribution in [3.05, 3.63) is 59.8 Å². The van der Waals surface area contributed by atoms with Crippen molar-refractivity contribution in [3.8, 4) is 0 Å². The van der Waals surface area contributed by atoms with Gasteiger partial charge < -0.3 is 9.73 Å². The highest BCUT2D eigenvalue weighted by Gasteiger charge is 2.43. The zero-order valence-electron chi connectivity index (χ0n) is 10.3. The molecule has 2 unspecified atom stereocenters. The minimum atomic E-state index is -0.247. The lowest BCUT2D eigenvalue weighted by Crippen LogP contribution is -2.24. The summed E-state index contributed by atoms with van der Waals surface area (Å²) in [5.41, 5.74) is 1.03. The van der Waals surface area contributed by atoms with Crippen LogP contribution in [0, 0.1) is 11.7 Å². The fourth-order valence-electron chi connectivity index (χ4n) is 2.28. The number of amides is 1. The van der Waals surface area contributed by atoms with Gasteiger partial charge in [0.05, 0.1) is 12.8 Å². The standard InChI is InChI=1S/C15H14FNO2/c16-11-5-3-10(4-6-11)13-8-14(13)15(18)17-9-12-2-1-7-19-12/h1-7,13-14H,8-9H2,(H,17,18). The van der Waals surface area contributed by atoms with Crippen LogP contribution in [-0.2, 0) is 11.3 Å². The van der Waals surface area contributed by atoms with Crippen LogP contribution in [0.25, 0.3) is 0 Å². The molecule has 3 nitrogen and oxygen atoms in total. The van der Waals surface area contributed by atoms with Gasteiger partial charge in [-0.05, 0) is 42.2 Å². The van der Waals surface area contributed by atoms with E-state index in [2.05, 4.69) is 5.32 Å². The van der Waals surface area contributed by atoms with E-state index in [-0.39, 0.29) is 23.6 Å². The van der Waals surface area contributed by atoms with Crippen LogP contribution in [0.4, 0.5) is 4.39 Å². The smallest absolute Gasteiger partial charge is 0.224 e. The SMILES string of the molecule is O=C(NCc1ccco1)C1CC1c1ccc(F)cc1. The number of nitrogens with one attached hydrogen (secondary N) is 1. The van der Waals surface area contributed by atoms with Crippen molar-refractivity contribution in [2.24, 2.45) is 5.92 Å². The molecule has 0 aliphatic heterocycles. The van der Waals surface area contributed by atoms with Crippen LogP contribution in [0.5, 0.6) is 0 Å². The van der Waals surface area contributed by atoms with E-state index in [4.69, 9.17) is 4.42 Å². The van der Waals surface area contributed by atoms with Gasteiger partial charge in [0, 0.05) is 5.92 Å². The van der Waals surface area contributed by atoms with E-state index in [1.165, 1.54) is 12.1 Å². The third kappa shape index (κ3) is 2.67. The normalized spacial score (nSPS) is 21.1. The molecule has 98 valence electrons. The minimum absolute atomic E-state index is 0.000392. The Hall–Kier alpha value is -2.10. The topological polar surface area (TPSA) is 42.2 Å². The van der Waals surface area contributed by atoms with Gasteiger partial charge >= 0.3 is 0 Å². The summed E-state index contributed by atoms with van der Waals surface area (Å²) < 4.78 is 18.0. The van der Waals surface area contributed by atoms with Crippen molar-refractivity contribution in [2.45, 2.75) is 18.9 Å². The van der Waals surface area contributed by atoms with Crippen LogP contribution < -0.4 is 5.32 Å². The molecule has 1 aromatic heterocycles. The summed E-state index contributed by atoms with van der Waals surface area (Å²) in [6.45, 7) is 0.415. The summed E-state index contributed by atoms with van der Waals surface area (Å²) >= 11 is 0. The Bertz CT molecular complexity index is 562. The third-order valence-electron chi connectivity index (χ3n) is 3.44. The van der Waals surface area contributed by atoms with Gasteiger partial charge in [-0.2, -0.15) is 0 Å². The lowest BCUT2D eigenvalue weighted by Gasteiger charge is -2.03. The van der Waals surface area contributed by atoms with Crippen LogP contribution in [0.3, 0.4) is 0 Å². The average Bonchev–Trinajstić information content (AvgIpc) is 3.05. The molecule has 2 aromatic rings. The molecule has 1 heterocycles. The van der Waals surface area contributed by atoms with Crippen molar-refractivity contribution >= 4 is 5.91 Å². The van der Waals surface area contributed by atoms with Crippen molar-refractivity contribution in [2.75, 3.05) is 0 Å². The molecule has 19 heavy (non-hydrogen) atoms. The highest BCUT2D eigenvalue weighted by Crippen LogP contribution is 2.47. The number of carbonyl (C=O) groups is 1. The van der Waals surface area contributed by atoms with Gasteiger partial charge in [-0.25, -0.2) is 4.39 Å². The first-order valence-electron chi connectivity index (χ1n) is 6.29. The summed E-state index contributed by atoms with van der Waals surface area (Å²) in [4.78, 5) is 11.9. The Morgan fingerprint density at radius 1 is 1.32 bits per heavy atom. The van der Waals surface area contributed by atoms with Gasteiger partial charge in [-0.3, -0.25) is 4.79 Å². The van der Waals surface area contributed by atoms with E-state index in [1.54, 1.807) is 24.5 Å². The second-order valence-electron chi connectivity index (χ2n) is 4.80. The molecule has 1 aliphatic carbocycles. The number of rotatable bonds is 4. The highest BCUT2D eigenvalue weighted by molar-refractivity contribution is 5.82. The summed E-state index contributed by atoms with van der Waals surface area (Å²) in [6.07, 6.45) is 2.41. The van der Waals surface area contributed by atoms with Crippen LogP contribution in [0.2, 0.25) is 0 Å². The molecule has 1 aromatic carbocycles. The van der Waals surface area contributed by atoms with E-state index < -0.39 is 0 Å². The Labute approximate surface area is 110 Å². The van der Waals surface area contributed by atoms with Gasteiger partial charge in [0.15, 0.2) is 0 Å². The van der Waals surface area contributed by atoms with Crippen LogP contribution in [0.1, 0.15) is 23.7 Å². The van der Waals surface area contributed by atoms with Crippen molar-refractivity contribution in [1.82, 2.24) is 5.32 Å². The Kier molecular flexibility index (Phi) is 3.07. The van der Waals surface area contributed by atoms with Gasteiger partial charge in [-0.15, -0.1) is 0 Å². The molecule has 1 aliphatic rings. The number of furan rings is 1. The molecule has 0 spiro atoms. The lowest BCUT2D eigenvalue weighted by molar-refractivity contribution is -0.122. The lowest BCUT2D eigenvalue weighted by atomic mass is 10.1. The highest BCUT2D eigenvalue weighted by atomic mass is 19.1. The fourth-order valence-corrected chi connectivity index (χ4v) is 2.28. The third-order valence-corrected chi connectivity index (χ3v) is 3.44. The Morgan fingerprint density at radius 3 is 2.79 bits per heavy atom. The first-order chi connectivity index (χ1) is 9.24. The molecule has 0 bridgehead atoms. The fraction of sp³-hybridized carbons (Fsp3) is 0.267. The second kappa shape index (κ2) is 4.88. The maximum atomic E-state index is 12.8.